The van der Waals surface area contributed by atoms with Crippen LogP contribution in [0.15, 0.2) is 48.5 Å². The van der Waals surface area contributed by atoms with Crippen LogP contribution >= 0.6 is 0 Å². The third-order valence-electron chi connectivity index (χ3n) is 3.57. The molecule has 2 N–H and O–H groups in total. The molecule has 1 aliphatic heterocycles. The van der Waals surface area contributed by atoms with Gasteiger partial charge in [-0.3, -0.25) is 9.59 Å². The van der Waals surface area contributed by atoms with Crippen LogP contribution < -0.4 is 20.1 Å². The number of hydrogen-bond donors (Lipinski definition) is 2. The highest BCUT2D eigenvalue weighted by atomic mass is 16.6. The van der Waals surface area contributed by atoms with Gasteiger partial charge in [0.1, 0.15) is 6.10 Å². The Hall–Kier alpha value is -3.02. The van der Waals surface area contributed by atoms with Crippen LogP contribution in [0.25, 0.3) is 0 Å². The van der Waals surface area contributed by atoms with Gasteiger partial charge in [-0.1, -0.05) is 12.1 Å². The normalized spacial score (nSPS) is 18.6. The van der Waals surface area contributed by atoms with Gasteiger partial charge in [0, 0.05) is 18.3 Å². The number of rotatable bonds is 3. The van der Waals surface area contributed by atoms with Crippen LogP contribution in [0.4, 0.5) is 11.4 Å². The van der Waals surface area contributed by atoms with Crippen molar-refractivity contribution in [2.24, 2.45) is 0 Å². The van der Waals surface area contributed by atoms with Crippen molar-refractivity contribution in [3.05, 3.63) is 48.5 Å². The smallest absolute Gasteiger partial charge is 0.269 e. The molecule has 6 nitrogen and oxygen atoms in total. The number of fused-ring (bicyclic) bond motifs is 1. The molecule has 6 heteroatoms. The third-order valence-corrected chi connectivity index (χ3v) is 3.57. The fraction of sp³-hybridized carbons (Fsp3) is 0.222. The van der Waals surface area contributed by atoms with Crippen LogP contribution in [0.1, 0.15) is 13.8 Å². The Morgan fingerprint density at radius 3 is 2.00 bits per heavy atom. The monoisotopic (exact) mass is 326 g/mol. The van der Waals surface area contributed by atoms with Crippen LogP contribution in [-0.2, 0) is 9.59 Å². The van der Waals surface area contributed by atoms with E-state index in [2.05, 4.69) is 10.6 Å². The predicted molar refractivity (Wildman–Crippen MR) is 90.3 cm³/mol. The molecule has 0 aromatic heterocycles. The minimum absolute atomic E-state index is 0.146. The van der Waals surface area contributed by atoms with E-state index in [0.29, 0.717) is 22.9 Å². The van der Waals surface area contributed by atoms with Gasteiger partial charge in [-0.05, 0) is 43.3 Å². The predicted octanol–water partition coefficient (Wildman–Crippen LogP) is 2.81. The summed E-state index contributed by atoms with van der Waals surface area (Å²) in [6.45, 7) is 3.23. The second-order valence-electron chi connectivity index (χ2n) is 5.56. The van der Waals surface area contributed by atoms with Crippen molar-refractivity contribution < 1.29 is 19.1 Å². The van der Waals surface area contributed by atoms with E-state index in [4.69, 9.17) is 9.47 Å². The lowest BCUT2D eigenvalue weighted by Crippen LogP contribution is -2.46. The number of nitrogens with one attached hydrogen (secondary N) is 2. The maximum Gasteiger partial charge on any atom is 0.269 e. The zero-order chi connectivity index (χ0) is 17.1. The lowest BCUT2D eigenvalue weighted by atomic mass is 10.1. The third kappa shape index (κ3) is 3.48. The summed E-state index contributed by atoms with van der Waals surface area (Å²) < 4.78 is 11.5. The van der Waals surface area contributed by atoms with E-state index in [9.17, 15) is 9.59 Å². The van der Waals surface area contributed by atoms with Gasteiger partial charge in [-0.25, -0.2) is 0 Å². The summed E-state index contributed by atoms with van der Waals surface area (Å²) in [6.07, 6.45) is -1.14. The first-order chi connectivity index (χ1) is 11.5. The molecule has 0 unspecified atom stereocenters. The highest BCUT2D eigenvalue weighted by Gasteiger charge is 2.34. The number of anilines is 2. The Bertz CT molecular complexity index is 758. The first kappa shape index (κ1) is 15.9. The van der Waals surface area contributed by atoms with E-state index in [1.807, 2.05) is 12.1 Å². The molecule has 24 heavy (non-hydrogen) atoms. The largest absolute Gasteiger partial charge is 0.482 e. The second-order valence-corrected chi connectivity index (χ2v) is 5.56. The summed E-state index contributed by atoms with van der Waals surface area (Å²) in [6, 6.07) is 14.1. The summed E-state index contributed by atoms with van der Waals surface area (Å²) in [5.41, 5.74) is 1.28. The van der Waals surface area contributed by atoms with Gasteiger partial charge in [-0.15, -0.1) is 0 Å². The molecule has 0 saturated heterocycles. The lowest BCUT2D eigenvalue weighted by Gasteiger charge is -2.31. The number of hydrogen-bond acceptors (Lipinski definition) is 4. The van der Waals surface area contributed by atoms with Crippen LogP contribution in [0.3, 0.4) is 0 Å². The molecule has 124 valence electrons. The van der Waals surface area contributed by atoms with Gasteiger partial charge in [0.2, 0.25) is 12.0 Å². The molecule has 0 saturated carbocycles. The molecule has 0 bridgehead atoms. The number of amides is 2. The summed E-state index contributed by atoms with van der Waals surface area (Å²) in [5, 5.41) is 5.47. The Morgan fingerprint density at radius 1 is 0.875 bits per heavy atom. The highest BCUT2D eigenvalue weighted by Crippen LogP contribution is 2.33. The standard InChI is InChI=1S/C18H18N2O4/c1-11-17(24-16-6-4-3-5-15(16)23-11)18(22)20-14-9-7-13(8-10-14)19-12(2)21/h3-11,17H,1-2H3,(H,19,21)(H,20,22)/t11-,17+/m0/s1. The molecule has 1 aliphatic rings. The van der Waals surface area contributed by atoms with Crippen LogP contribution in [-0.4, -0.2) is 24.0 Å². The van der Waals surface area contributed by atoms with Crippen LogP contribution in [0, 0.1) is 0 Å². The average molecular weight is 326 g/mol. The quantitative estimate of drug-likeness (QED) is 0.909. The molecule has 0 spiro atoms. The first-order valence-electron chi connectivity index (χ1n) is 7.64. The summed E-state index contributed by atoms with van der Waals surface area (Å²) in [4.78, 5) is 23.5. The van der Waals surface area contributed by atoms with Gasteiger partial charge >= 0.3 is 0 Å². The molecule has 1 heterocycles. The molecule has 0 radical (unpaired) electrons. The maximum atomic E-state index is 12.5. The second kappa shape index (κ2) is 6.62. The van der Waals surface area contributed by atoms with E-state index < -0.39 is 12.2 Å². The molecule has 0 fully saturated rings. The Morgan fingerprint density at radius 2 is 1.42 bits per heavy atom. The summed E-state index contributed by atoms with van der Waals surface area (Å²) >= 11 is 0. The molecular formula is C18H18N2O4. The van der Waals surface area contributed by atoms with Crippen LogP contribution in [0.5, 0.6) is 11.5 Å². The van der Waals surface area contributed by atoms with Gasteiger partial charge < -0.3 is 20.1 Å². The minimum atomic E-state index is -0.741. The van der Waals surface area contributed by atoms with Crippen molar-refractivity contribution in [1.29, 1.82) is 0 Å². The van der Waals surface area contributed by atoms with E-state index in [1.54, 1.807) is 43.3 Å². The lowest BCUT2D eigenvalue weighted by molar-refractivity contribution is -0.128. The molecule has 2 aromatic rings. The summed E-state index contributed by atoms with van der Waals surface area (Å²) in [5.74, 6) is 0.752. The van der Waals surface area contributed by atoms with E-state index in [0.717, 1.165) is 0 Å². The number of carbonyl (C=O) groups is 2. The average Bonchev–Trinajstić information content (AvgIpc) is 2.55. The number of benzene rings is 2. The van der Waals surface area contributed by atoms with Crippen molar-refractivity contribution in [2.75, 3.05) is 10.6 Å². The molecule has 0 aliphatic carbocycles. The van der Waals surface area contributed by atoms with Crippen LogP contribution in [0.2, 0.25) is 0 Å². The van der Waals surface area contributed by atoms with E-state index in [1.165, 1.54) is 6.92 Å². The van der Waals surface area contributed by atoms with Gasteiger partial charge in [0.15, 0.2) is 11.5 Å². The fourth-order valence-electron chi connectivity index (χ4n) is 2.46. The van der Waals surface area contributed by atoms with Crippen molar-refractivity contribution in [3.8, 4) is 11.5 Å². The van der Waals surface area contributed by atoms with Crippen molar-refractivity contribution in [2.45, 2.75) is 26.1 Å². The van der Waals surface area contributed by atoms with Crippen molar-refractivity contribution in [3.63, 3.8) is 0 Å². The number of carbonyl (C=O) groups excluding carboxylic acids is 2. The number of ether oxygens (including phenoxy) is 2. The van der Waals surface area contributed by atoms with E-state index in [-0.39, 0.29) is 11.8 Å². The summed E-state index contributed by atoms with van der Waals surface area (Å²) in [7, 11) is 0. The maximum absolute atomic E-state index is 12.5. The molecule has 2 amide bonds. The molecular weight excluding hydrogens is 308 g/mol. The molecule has 2 atom stereocenters. The Labute approximate surface area is 139 Å². The Balaban J connectivity index is 1.68. The van der Waals surface area contributed by atoms with E-state index >= 15 is 0 Å². The zero-order valence-corrected chi connectivity index (χ0v) is 13.4. The topological polar surface area (TPSA) is 76.7 Å². The van der Waals surface area contributed by atoms with Crippen molar-refractivity contribution >= 4 is 23.2 Å². The highest BCUT2D eigenvalue weighted by molar-refractivity contribution is 5.95. The van der Waals surface area contributed by atoms with Gasteiger partial charge in [0.25, 0.3) is 5.91 Å². The number of para-hydroxylation sites is 2. The molecule has 3 rings (SSSR count). The minimum Gasteiger partial charge on any atom is -0.482 e. The first-order valence-corrected chi connectivity index (χ1v) is 7.64. The zero-order valence-electron chi connectivity index (χ0n) is 13.4. The molecule has 2 aromatic carbocycles. The SMILES string of the molecule is CC(=O)Nc1ccc(NC(=O)[C@@H]2Oc3ccccc3O[C@H]2C)cc1. The van der Waals surface area contributed by atoms with Crippen molar-refractivity contribution in [1.82, 2.24) is 0 Å². The van der Waals surface area contributed by atoms with Gasteiger partial charge in [-0.2, -0.15) is 0 Å². The fourth-order valence-corrected chi connectivity index (χ4v) is 2.46. The Kier molecular flexibility index (Phi) is 4.37. The van der Waals surface area contributed by atoms with Gasteiger partial charge in [0.05, 0.1) is 0 Å².